The van der Waals surface area contributed by atoms with Gasteiger partial charge in [0, 0.05) is 0 Å². The Hall–Kier alpha value is -2.96. The predicted octanol–water partition coefficient (Wildman–Crippen LogP) is 2.26. The topological polar surface area (TPSA) is 97.0 Å². The third kappa shape index (κ3) is 3.60. The fourth-order valence-corrected chi connectivity index (χ4v) is 2.48. The highest BCUT2D eigenvalue weighted by Crippen LogP contribution is 2.25. The molecule has 1 unspecified atom stereocenters. The molecule has 1 aliphatic rings. The molecule has 0 saturated carbocycles. The minimum atomic E-state index is -0.979. The van der Waals surface area contributed by atoms with Gasteiger partial charge in [0.15, 0.2) is 11.2 Å². The number of carbonyl (C=O) groups is 1. The maximum atomic E-state index is 11.5. The van der Waals surface area contributed by atoms with Crippen LogP contribution >= 0.6 is 0 Å². The van der Waals surface area contributed by atoms with Crippen LogP contribution in [-0.4, -0.2) is 22.3 Å². The first-order valence-corrected chi connectivity index (χ1v) is 7.67. The Morgan fingerprint density at radius 1 is 1.04 bits per heavy atom. The van der Waals surface area contributed by atoms with E-state index in [-0.39, 0.29) is 24.2 Å². The van der Waals surface area contributed by atoms with E-state index >= 15 is 0 Å². The first-order chi connectivity index (χ1) is 12.1. The van der Waals surface area contributed by atoms with Crippen molar-refractivity contribution in [2.24, 2.45) is 0 Å². The van der Waals surface area contributed by atoms with Crippen LogP contribution in [0.25, 0.3) is 11.0 Å². The van der Waals surface area contributed by atoms with Crippen molar-refractivity contribution in [2.45, 2.75) is 19.3 Å². The Bertz CT molecular complexity index is 959. The van der Waals surface area contributed by atoms with E-state index in [9.17, 15) is 9.59 Å². The van der Waals surface area contributed by atoms with E-state index in [4.69, 9.17) is 19.4 Å². The minimum absolute atomic E-state index is 0.0526. The van der Waals surface area contributed by atoms with E-state index in [0.717, 1.165) is 0 Å². The molecular weight excluding hydrogens is 324 g/mol. The molecule has 1 atom stereocenters. The molecule has 25 heavy (non-hydrogen) atoms. The third-order valence-corrected chi connectivity index (χ3v) is 3.73. The quantitative estimate of drug-likeness (QED) is 0.705. The smallest absolute Gasteiger partial charge is 0.204 e. The van der Waals surface area contributed by atoms with Crippen molar-refractivity contribution in [1.29, 1.82) is 0 Å². The molecule has 2 N–H and O–H groups in total. The molecule has 3 aromatic rings. The molecule has 4 rings (SSSR count). The lowest BCUT2D eigenvalue weighted by Crippen LogP contribution is -2.26. The summed E-state index contributed by atoms with van der Waals surface area (Å²) in [5.41, 5.74) is 1.23. The summed E-state index contributed by atoms with van der Waals surface area (Å²) in [4.78, 5) is 22.8. The highest BCUT2D eigenvalue weighted by molar-refractivity contribution is 5.99. The summed E-state index contributed by atoms with van der Waals surface area (Å²) in [5.74, 6) is 0.408. The average Bonchev–Trinajstić information content (AvgIpc) is 2.63. The van der Waals surface area contributed by atoms with Crippen molar-refractivity contribution < 1.29 is 24.2 Å². The van der Waals surface area contributed by atoms with Crippen molar-refractivity contribution in [3.05, 3.63) is 76.1 Å². The van der Waals surface area contributed by atoms with E-state index in [1.807, 2.05) is 0 Å². The van der Waals surface area contributed by atoms with Gasteiger partial charge in [0.05, 0.1) is 29.5 Å². The molecule has 1 aromatic heterocycles. The van der Waals surface area contributed by atoms with Gasteiger partial charge in [0.2, 0.25) is 6.29 Å². The van der Waals surface area contributed by atoms with Crippen molar-refractivity contribution in [3.8, 4) is 5.75 Å². The first kappa shape index (κ1) is 16.9. The highest BCUT2D eigenvalue weighted by Gasteiger charge is 2.23. The number of para-hydroxylation sites is 2. The molecule has 0 amide bonds. The lowest BCUT2D eigenvalue weighted by Gasteiger charge is -2.20. The number of carbonyl (C=O) groups excluding carboxylic acids is 1. The van der Waals surface area contributed by atoms with E-state index in [1.165, 1.54) is 6.26 Å². The summed E-state index contributed by atoms with van der Waals surface area (Å²) in [7, 11) is 0. The zero-order chi connectivity index (χ0) is 17.8. The second-order valence-electron chi connectivity index (χ2n) is 5.44. The van der Waals surface area contributed by atoms with Gasteiger partial charge in [-0.3, -0.25) is 9.59 Å². The largest absolute Gasteiger partial charge is 0.464 e. The fourth-order valence-electron chi connectivity index (χ4n) is 2.48. The normalized spacial score (nSPS) is 15.8. The zero-order valence-corrected chi connectivity index (χ0v) is 13.2. The van der Waals surface area contributed by atoms with Crippen LogP contribution in [0, 0.1) is 0 Å². The zero-order valence-electron chi connectivity index (χ0n) is 13.2. The van der Waals surface area contributed by atoms with Crippen LogP contribution in [0.3, 0.4) is 0 Å². The van der Waals surface area contributed by atoms with Gasteiger partial charge in [-0.2, -0.15) is 0 Å². The molecule has 0 aliphatic carbocycles. The van der Waals surface area contributed by atoms with Crippen LogP contribution in [0.4, 0.5) is 0 Å². The minimum Gasteiger partial charge on any atom is -0.464 e. The van der Waals surface area contributed by atoms with Gasteiger partial charge in [-0.1, -0.05) is 24.3 Å². The average molecular weight is 340 g/mol. The standard InChI is InChI=1S/C10H8O3.C9H8O3/c11-5-7-6-13-9-4-2-1-3-8(9)10(7)12;10-7-5-9(11)12-8-4-2-1-3-6(7)8/h1-4,6,11H,5H2;1-4,9,11H,5H2. The monoisotopic (exact) mass is 340 g/mol. The third-order valence-electron chi connectivity index (χ3n) is 3.73. The van der Waals surface area contributed by atoms with Crippen LogP contribution in [0.2, 0.25) is 0 Å². The Balaban J connectivity index is 0.000000146. The lowest BCUT2D eigenvalue weighted by atomic mass is 10.0. The van der Waals surface area contributed by atoms with Gasteiger partial charge in [0.1, 0.15) is 17.6 Å². The van der Waals surface area contributed by atoms with Crippen LogP contribution in [0.1, 0.15) is 22.3 Å². The summed E-state index contributed by atoms with van der Waals surface area (Å²) >= 11 is 0. The van der Waals surface area contributed by atoms with E-state index < -0.39 is 6.29 Å². The van der Waals surface area contributed by atoms with Gasteiger partial charge in [-0.25, -0.2) is 0 Å². The maximum absolute atomic E-state index is 11.5. The number of ketones is 1. The molecule has 0 radical (unpaired) electrons. The molecule has 0 saturated heterocycles. The number of hydrogen-bond acceptors (Lipinski definition) is 6. The van der Waals surface area contributed by atoms with Crippen molar-refractivity contribution in [3.63, 3.8) is 0 Å². The highest BCUT2D eigenvalue weighted by atomic mass is 16.6. The van der Waals surface area contributed by atoms with Crippen LogP contribution in [0.15, 0.2) is 64.0 Å². The summed E-state index contributed by atoms with van der Waals surface area (Å²) in [6.45, 7) is -0.285. The predicted molar refractivity (Wildman–Crippen MR) is 90.4 cm³/mol. The lowest BCUT2D eigenvalue weighted by molar-refractivity contribution is -0.0246. The van der Waals surface area contributed by atoms with Gasteiger partial charge in [-0.15, -0.1) is 0 Å². The number of ether oxygens (including phenoxy) is 1. The molecule has 2 aromatic carbocycles. The molecule has 128 valence electrons. The molecule has 2 heterocycles. The van der Waals surface area contributed by atoms with Crippen molar-refractivity contribution >= 4 is 16.8 Å². The van der Waals surface area contributed by atoms with Crippen LogP contribution < -0.4 is 10.2 Å². The van der Waals surface area contributed by atoms with Crippen LogP contribution in [0.5, 0.6) is 5.75 Å². The first-order valence-electron chi connectivity index (χ1n) is 7.67. The molecule has 0 spiro atoms. The summed E-state index contributed by atoms with van der Waals surface area (Å²) < 4.78 is 10.2. The molecule has 1 aliphatic heterocycles. The number of aliphatic hydroxyl groups is 2. The second-order valence-corrected chi connectivity index (χ2v) is 5.44. The van der Waals surface area contributed by atoms with Crippen molar-refractivity contribution in [1.82, 2.24) is 0 Å². The molecular formula is C19H16O6. The molecule has 0 bridgehead atoms. The number of benzene rings is 2. The van der Waals surface area contributed by atoms with Crippen LogP contribution in [-0.2, 0) is 6.61 Å². The Morgan fingerprint density at radius 2 is 1.76 bits per heavy atom. The van der Waals surface area contributed by atoms with Gasteiger partial charge >= 0.3 is 0 Å². The Labute approximate surface area is 142 Å². The van der Waals surface area contributed by atoms with E-state index in [2.05, 4.69) is 0 Å². The van der Waals surface area contributed by atoms with Gasteiger partial charge < -0.3 is 19.4 Å². The molecule has 0 fully saturated rings. The number of Topliss-reactive ketones (excluding diaryl/α,β-unsaturated/α-hetero) is 1. The van der Waals surface area contributed by atoms with E-state index in [0.29, 0.717) is 27.8 Å². The van der Waals surface area contributed by atoms with E-state index in [1.54, 1.807) is 48.5 Å². The molecule has 6 nitrogen and oxygen atoms in total. The van der Waals surface area contributed by atoms with Gasteiger partial charge in [-0.05, 0) is 24.3 Å². The fraction of sp³-hybridized carbons (Fsp3) is 0.158. The maximum Gasteiger partial charge on any atom is 0.204 e. The summed E-state index contributed by atoms with van der Waals surface area (Å²) in [6, 6.07) is 13.9. The SMILES string of the molecule is O=C1CC(O)Oc2ccccc21.O=c1c(CO)coc2ccccc12. The number of hydrogen-bond donors (Lipinski definition) is 2. The van der Waals surface area contributed by atoms with Crippen molar-refractivity contribution in [2.75, 3.05) is 0 Å². The summed E-state index contributed by atoms with van der Waals surface area (Å²) in [6.07, 6.45) is 0.370. The van der Waals surface area contributed by atoms with Gasteiger partial charge in [0.25, 0.3) is 0 Å². The summed E-state index contributed by atoms with van der Waals surface area (Å²) in [5, 5.41) is 18.4. The molecule has 6 heteroatoms. The number of aliphatic hydroxyl groups excluding tert-OH is 2. The Morgan fingerprint density at radius 3 is 2.56 bits per heavy atom. The second kappa shape index (κ2) is 7.29. The Kier molecular flexibility index (Phi) is 4.92. The number of rotatable bonds is 1. The number of fused-ring (bicyclic) bond motifs is 2.